The molecular weight excluding hydrogens is 415 g/mol. The molecule has 1 aliphatic carbocycles. The lowest BCUT2D eigenvalue weighted by Crippen LogP contribution is -2.39. The van der Waals surface area contributed by atoms with Crippen molar-refractivity contribution in [2.75, 3.05) is 0 Å². The van der Waals surface area contributed by atoms with Gasteiger partial charge in [0.1, 0.15) is 0 Å². The van der Waals surface area contributed by atoms with Crippen LogP contribution < -0.4 is 0 Å². The second-order valence-electron chi connectivity index (χ2n) is 8.96. The summed E-state index contributed by atoms with van der Waals surface area (Å²) in [7, 11) is -3.32. The zero-order chi connectivity index (χ0) is 22.0. The summed E-state index contributed by atoms with van der Waals surface area (Å²) < 4.78 is 19.5. The highest BCUT2D eigenvalue weighted by Crippen LogP contribution is 2.71. The minimum atomic E-state index is -3.32. The van der Waals surface area contributed by atoms with Gasteiger partial charge in [0.15, 0.2) is 5.85 Å². The Balaban J connectivity index is 1.60. The van der Waals surface area contributed by atoms with Crippen LogP contribution in [0.5, 0.6) is 0 Å². The third-order valence-corrected chi connectivity index (χ3v) is 10.3. The monoisotopic (exact) mass is 446 g/mol. The Hall–Kier alpha value is -2.23. The fourth-order valence-corrected chi connectivity index (χ4v) is 8.98. The first-order valence-corrected chi connectivity index (χ1v) is 13.3. The summed E-state index contributed by atoms with van der Waals surface area (Å²) in [6, 6.07) is 30.5. The lowest BCUT2D eigenvalue weighted by Gasteiger charge is -2.35. The molecule has 0 spiro atoms. The second kappa shape index (κ2) is 9.33. The zero-order valence-corrected chi connectivity index (χ0v) is 19.2. The fourth-order valence-electron chi connectivity index (χ4n) is 5.44. The molecule has 32 heavy (non-hydrogen) atoms. The van der Waals surface area contributed by atoms with Crippen molar-refractivity contribution in [3.8, 4) is 0 Å². The first-order chi connectivity index (χ1) is 15.7. The second-order valence-corrected chi connectivity index (χ2v) is 11.7. The molecule has 0 amide bonds. The maximum atomic E-state index is 15.2. The normalized spacial score (nSPS) is 24.2. The molecule has 5 rings (SSSR count). The van der Waals surface area contributed by atoms with Crippen molar-refractivity contribution >= 4 is 7.44 Å². The number of rotatable bonds is 6. The average Bonchev–Trinajstić information content (AvgIpc) is 3.09. The van der Waals surface area contributed by atoms with E-state index in [2.05, 4.69) is 33.6 Å². The molecule has 0 aromatic heterocycles. The highest BCUT2D eigenvalue weighted by molar-refractivity contribution is 7.59. The van der Waals surface area contributed by atoms with Crippen molar-refractivity contribution in [3.05, 3.63) is 108 Å². The third kappa shape index (κ3) is 3.97. The van der Waals surface area contributed by atoms with Crippen molar-refractivity contribution in [1.82, 2.24) is 9.34 Å². The first-order valence-electron chi connectivity index (χ1n) is 11.6. The van der Waals surface area contributed by atoms with Gasteiger partial charge >= 0.3 is 0 Å². The number of fused-ring (bicyclic) bond motifs is 1. The minimum Gasteiger partial charge on any atom is -0.378 e. The zero-order valence-electron chi connectivity index (χ0n) is 18.3. The van der Waals surface area contributed by atoms with Crippen LogP contribution in [0.1, 0.15) is 48.2 Å². The number of aliphatic hydroxyl groups excluding tert-OH is 1. The Morgan fingerprint density at radius 1 is 0.719 bits per heavy atom. The van der Waals surface area contributed by atoms with Crippen LogP contribution in [0.2, 0.25) is 0 Å². The van der Waals surface area contributed by atoms with Crippen LogP contribution in [-0.4, -0.2) is 26.5 Å². The van der Waals surface area contributed by atoms with Crippen LogP contribution in [0.3, 0.4) is 0 Å². The van der Waals surface area contributed by atoms with Gasteiger partial charge in [-0.25, -0.2) is 9.34 Å². The fraction of sp³-hybridized carbons (Fsp3) is 0.333. The molecule has 1 N–H and O–H groups in total. The Morgan fingerprint density at radius 3 is 1.56 bits per heavy atom. The molecule has 166 valence electrons. The molecule has 2 aliphatic rings. The van der Waals surface area contributed by atoms with Crippen LogP contribution in [0.25, 0.3) is 0 Å². The molecule has 4 nitrogen and oxygen atoms in total. The van der Waals surface area contributed by atoms with E-state index in [4.69, 9.17) is 0 Å². The van der Waals surface area contributed by atoms with Crippen molar-refractivity contribution < 1.29 is 9.67 Å². The Bertz CT molecular complexity index is 999. The molecule has 1 aliphatic heterocycles. The maximum absolute atomic E-state index is 15.2. The van der Waals surface area contributed by atoms with Gasteiger partial charge < -0.3 is 5.11 Å². The van der Waals surface area contributed by atoms with Gasteiger partial charge in [-0.3, -0.25) is 4.57 Å². The lowest BCUT2D eigenvalue weighted by atomic mass is 9.90. The summed E-state index contributed by atoms with van der Waals surface area (Å²) in [5.41, 5.74) is 3.00. The molecule has 0 bridgehead atoms. The smallest absolute Gasteiger partial charge is 0.249 e. The van der Waals surface area contributed by atoms with E-state index in [9.17, 15) is 5.11 Å². The van der Waals surface area contributed by atoms with Crippen LogP contribution in [-0.2, 0) is 17.7 Å². The molecule has 3 aromatic rings. The largest absolute Gasteiger partial charge is 0.378 e. The minimum absolute atomic E-state index is 0.192. The highest BCUT2D eigenvalue weighted by atomic mass is 31.2. The molecule has 3 aromatic carbocycles. The molecule has 2 fully saturated rings. The number of hydrogen-bond donors (Lipinski definition) is 1. The molecular formula is C27H31N2O2P. The van der Waals surface area contributed by atoms with E-state index in [0.29, 0.717) is 13.1 Å². The number of aliphatic hydroxyl groups is 1. The number of benzene rings is 3. The van der Waals surface area contributed by atoms with Gasteiger partial charge in [-0.2, -0.15) is 0 Å². The first kappa shape index (κ1) is 21.6. The summed E-state index contributed by atoms with van der Waals surface area (Å²) in [5, 5.41) is 11.7. The topological polar surface area (TPSA) is 43.8 Å². The molecule has 1 saturated heterocycles. The molecule has 1 heterocycles. The lowest BCUT2D eigenvalue weighted by molar-refractivity contribution is 0.197. The quantitative estimate of drug-likeness (QED) is 0.458. The summed E-state index contributed by atoms with van der Waals surface area (Å²) in [6.45, 7) is 1.18. The SMILES string of the molecule is O=P1(C(O)c2ccccc2)N(Cc2ccccc2)[C@@H]2CCCC[C@H]2N1Cc1ccccc1. The Kier molecular flexibility index (Phi) is 6.30. The summed E-state index contributed by atoms with van der Waals surface area (Å²) in [6.07, 6.45) is 4.34. The molecule has 1 saturated carbocycles. The van der Waals surface area contributed by atoms with Gasteiger partial charge in [0.25, 0.3) is 0 Å². The van der Waals surface area contributed by atoms with E-state index in [1.807, 2.05) is 66.7 Å². The van der Waals surface area contributed by atoms with Crippen LogP contribution in [0, 0.1) is 0 Å². The number of nitrogens with zero attached hydrogens (tertiary/aromatic N) is 2. The van der Waals surface area contributed by atoms with E-state index in [0.717, 1.165) is 42.4 Å². The van der Waals surface area contributed by atoms with Crippen molar-refractivity contribution in [2.24, 2.45) is 0 Å². The van der Waals surface area contributed by atoms with Crippen LogP contribution >= 0.6 is 7.44 Å². The highest BCUT2D eigenvalue weighted by Gasteiger charge is 2.58. The predicted octanol–water partition coefficient (Wildman–Crippen LogP) is 6.20. The van der Waals surface area contributed by atoms with Crippen LogP contribution in [0.4, 0.5) is 0 Å². The van der Waals surface area contributed by atoms with E-state index in [-0.39, 0.29) is 12.1 Å². The molecule has 3 atom stereocenters. The summed E-state index contributed by atoms with van der Waals surface area (Å²) in [4.78, 5) is 0. The number of hydrogen-bond acceptors (Lipinski definition) is 2. The maximum Gasteiger partial charge on any atom is 0.249 e. The standard InChI is InChI=1S/C27H31N2O2P/c30-27(24-16-8-3-9-17-24)32(31)28(20-22-12-4-1-5-13-22)25-18-10-11-19-26(25)29(32)21-23-14-6-2-7-15-23/h1-9,12-17,25-27,30H,10-11,18-21H2/t25-,26-,27?/m1/s1. The van der Waals surface area contributed by atoms with E-state index < -0.39 is 13.3 Å². The average molecular weight is 447 g/mol. The van der Waals surface area contributed by atoms with Gasteiger partial charge in [0, 0.05) is 25.2 Å². The Morgan fingerprint density at radius 2 is 1.12 bits per heavy atom. The van der Waals surface area contributed by atoms with Crippen molar-refractivity contribution in [1.29, 1.82) is 0 Å². The van der Waals surface area contributed by atoms with Gasteiger partial charge in [-0.1, -0.05) is 104 Å². The molecule has 0 radical (unpaired) electrons. The summed E-state index contributed by atoms with van der Waals surface area (Å²) in [5.74, 6) is -1.04. The van der Waals surface area contributed by atoms with E-state index >= 15 is 4.57 Å². The molecule has 5 heteroatoms. The molecule has 1 unspecified atom stereocenters. The Labute approximate surface area is 191 Å². The van der Waals surface area contributed by atoms with Gasteiger partial charge in [-0.05, 0) is 29.5 Å². The van der Waals surface area contributed by atoms with E-state index in [1.54, 1.807) is 0 Å². The van der Waals surface area contributed by atoms with Gasteiger partial charge in [0.2, 0.25) is 7.44 Å². The predicted molar refractivity (Wildman–Crippen MR) is 129 cm³/mol. The third-order valence-electron chi connectivity index (χ3n) is 6.99. The summed E-state index contributed by atoms with van der Waals surface area (Å²) >= 11 is 0. The van der Waals surface area contributed by atoms with Crippen molar-refractivity contribution in [3.63, 3.8) is 0 Å². The van der Waals surface area contributed by atoms with Crippen LogP contribution in [0.15, 0.2) is 91.0 Å². The van der Waals surface area contributed by atoms with Gasteiger partial charge in [-0.15, -0.1) is 0 Å². The van der Waals surface area contributed by atoms with Crippen molar-refractivity contribution in [2.45, 2.75) is 56.7 Å². The van der Waals surface area contributed by atoms with Gasteiger partial charge in [0.05, 0.1) is 0 Å². The van der Waals surface area contributed by atoms with E-state index in [1.165, 1.54) is 0 Å².